The summed E-state index contributed by atoms with van der Waals surface area (Å²) in [4.78, 5) is 0. The van der Waals surface area contributed by atoms with Gasteiger partial charge >= 0.3 is 35.9 Å². The molecule has 0 aliphatic rings. The standard InChI is InChI=1S/C11H30O12Si4/c1-11-24(21-25(12-2,13-3)14-4,22-26(15-5,16-6)17-7)23-27(18-8,19-9)20-10/h11H,1H2,2-10H3. The average Bonchev–Trinajstić information content (AvgIpc) is 2.74. The molecule has 0 amide bonds. The zero-order valence-corrected chi connectivity index (χ0v) is 21.2. The van der Waals surface area contributed by atoms with Gasteiger partial charge in [0.2, 0.25) is 0 Å². The summed E-state index contributed by atoms with van der Waals surface area (Å²) in [5, 5.41) is 0. The predicted molar refractivity (Wildman–Crippen MR) is 99.5 cm³/mol. The van der Waals surface area contributed by atoms with Crippen molar-refractivity contribution in [3.8, 4) is 0 Å². The topological polar surface area (TPSA) is 111 Å². The Morgan fingerprint density at radius 1 is 0.444 bits per heavy atom. The van der Waals surface area contributed by atoms with Crippen molar-refractivity contribution in [1.29, 1.82) is 0 Å². The Morgan fingerprint density at radius 2 is 0.630 bits per heavy atom. The Balaban J connectivity index is 6.28. The van der Waals surface area contributed by atoms with Gasteiger partial charge in [-0.05, 0) is 5.70 Å². The van der Waals surface area contributed by atoms with Gasteiger partial charge in [0.25, 0.3) is 0 Å². The molecule has 0 fully saturated rings. The fraction of sp³-hybridized carbons (Fsp3) is 0.818. The van der Waals surface area contributed by atoms with Gasteiger partial charge in [-0.15, -0.1) is 6.58 Å². The molecule has 0 radical (unpaired) electrons. The molecule has 0 saturated carbocycles. The summed E-state index contributed by atoms with van der Waals surface area (Å²) in [6, 6.07) is 0. The normalized spacial score (nSPS) is 13.8. The second-order valence-electron chi connectivity index (χ2n) is 4.45. The van der Waals surface area contributed by atoms with Crippen LogP contribution in [-0.4, -0.2) is 99.9 Å². The third-order valence-electron chi connectivity index (χ3n) is 3.30. The van der Waals surface area contributed by atoms with E-state index in [-0.39, 0.29) is 0 Å². The van der Waals surface area contributed by atoms with E-state index in [2.05, 4.69) is 6.58 Å². The molecule has 0 heterocycles. The van der Waals surface area contributed by atoms with E-state index in [1.807, 2.05) is 0 Å². The Bertz CT molecular complexity index is 350. The van der Waals surface area contributed by atoms with E-state index in [9.17, 15) is 0 Å². The summed E-state index contributed by atoms with van der Waals surface area (Å²) >= 11 is 0. The van der Waals surface area contributed by atoms with Crippen LogP contribution < -0.4 is 0 Å². The Kier molecular flexibility index (Phi) is 12.0. The van der Waals surface area contributed by atoms with Gasteiger partial charge in [-0.2, -0.15) is 0 Å². The van der Waals surface area contributed by atoms with Crippen LogP contribution in [0.4, 0.5) is 0 Å². The smallest absolute Gasteiger partial charge is 0.355 e. The molecule has 0 aromatic heterocycles. The Labute approximate surface area is 164 Å². The third-order valence-corrected chi connectivity index (χ3v) is 14.7. The summed E-state index contributed by atoms with van der Waals surface area (Å²) < 4.78 is 65.7. The highest BCUT2D eigenvalue weighted by atomic mass is 28.5. The first-order valence-electron chi connectivity index (χ1n) is 7.43. The molecule has 0 N–H and O–H groups in total. The monoisotopic (exact) mass is 466 g/mol. The van der Waals surface area contributed by atoms with Crippen molar-refractivity contribution in [3.05, 3.63) is 12.3 Å². The molecular weight excluding hydrogens is 436 g/mol. The van der Waals surface area contributed by atoms with Gasteiger partial charge in [0.05, 0.1) is 0 Å². The second-order valence-corrected chi connectivity index (χ2v) is 15.2. The minimum atomic E-state index is -4.04. The van der Waals surface area contributed by atoms with Gasteiger partial charge in [0.15, 0.2) is 0 Å². The lowest BCUT2D eigenvalue weighted by molar-refractivity contribution is -0.0212. The molecule has 0 bridgehead atoms. The van der Waals surface area contributed by atoms with Crippen molar-refractivity contribution in [1.82, 2.24) is 0 Å². The van der Waals surface area contributed by atoms with Crippen LogP contribution in [0, 0.1) is 0 Å². The zero-order valence-electron chi connectivity index (χ0n) is 17.2. The van der Waals surface area contributed by atoms with Gasteiger partial charge in [-0.3, -0.25) is 0 Å². The molecule has 0 spiro atoms. The summed E-state index contributed by atoms with van der Waals surface area (Å²) in [6.07, 6.45) is 0. The van der Waals surface area contributed by atoms with E-state index < -0.39 is 35.9 Å². The van der Waals surface area contributed by atoms with Gasteiger partial charge in [0, 0.05) is 64.0 Å². The fourth-order valence-corrected chi connectivity index (χ4v) is 13.1. The Hall–Kier alpha value is 0.128. The van der Waals surface area contributed by atoms with Gasteiger partial charge in [0.1, 0.15) is 0 Å². The van der Waals surface area contributed by atoms with Crippen LogP contribution in [0.2, 0.25) is 0 Å². The maximum absolute atomic E-state index is 5.98. The summed E-state index contributed by atoms with van der Waals surface area (Å²) in [5.41, 5.74) is 1.28. The first-order chi connectivity index (χ1) is 12.7. The molecule has 0 unspecified atom stereocenters. The van der Waals surface area contributed by atoms with Crippen LogP contribution in [0.5, 0.6) is 0 Å². The van der Waals surface area contributed by atoms with Crippen LogP contribution in [-0.2, 0) is 52.2 Å². The van der Waals surface area contributed by atoms with E-state index in [0.29, 0.717) is 0 Å². The van der Waals surface area contributed by atoms with Crippen LogP contribution >= 0.6 is 0 Å². The molecule has 0 saturated heterocycles. The summed E-state index contributed by atoms with van der Waals surface area (Å²) in [6.45, 7) is 3.75. The minimum absolute atomic E-state index is 1.28. The molecule has 162 valence electrons. The maximum atomic E-state index is 5.98. The first kappa shape index (κ1) is 27.1. The minimum Gasteiger partial charge on any atom is -0.355 e. The van der Waals surface area contributed by atoms with Crippen LogP contribution in [0.1, 0.15) is 0 Å². The molecule has 0 atom stereocenters. The molecule has 0 aromatic carbocycles. The molecule has 12 nitrogen and oxygen atoms in total. The van der Waals surface area contributed by atoms with E-state index in [1.54, 1.807) is 0 Å². The van der Waals surface area contributed by atoms with Crippen LogP contribution in [0.15, 0.2) is 12.3 Å². The lowest BCUT2D eigenvalue weighted by Gasteiger charge is -2.39. The van der Waals surface area contributed by atoms with Gasteiger partial charge in [-0.25, -0.2) is 0 Å². The summed E-state index contributed by atoms with van der Waals surface area (Å²) in [5.74, 6) is 0. The number of hydrogen-bond acceptors (Lipinski definition) is 12. The highest BCUT2D eigenvalue weighted by Crippen LogP contribution is 2.28. The molecule has 0 aliphatic carbocycles. The van der Waals surface area contributed by atoms with Crippen molar-refractivity contribution >= 4 is 35.9 Å². The van der Waals surface area contributed by atoms with Crippen molar-refractivity contribution in [2.24, 2.45) is 0 Å². The average molecular weight is 467 g/mol. The highest BCUT2D eigenvalue weighted by Gasteiger charge is 2.65. The lowest BCUT2D eigenvalue weighted by atomic mass is 11.3. The Morgan fingerprint density at radius 3 is 0.741 bits per heavy atom. The SMILES string of the molecule is C=C[Si](O[Si](OC)(OC)OC)(O[Si](OC)(OC)OC)O[Si](OC)(OC)OC. The van der Waals surface area contributed by atoms with E-state index in [4.69, 9.17) is 52.2 Å². The van der Waals surface area contributed by atoms with E-state index in [1.165, 1.54) is 69.7 Å². The van der Waals surface area contributed by atoms with Gasteiger partial charge < -0.3 is 52.2 Å². The van der Waals surface area contributed by atoms with Crippen molar-refractivity contribution in [2.45, 2.75) is 0 Å². The fourth-order valence-electron chi connectivity index (χ4n) is 1.84. The van der Waals surface area contributed by atoms with E-state index in [0.717, 1.165) is 0 Å². The molecule has 0 aromatic rings. The molecular formula is C11H30O12Si4. The summed E-state index contributed by atoms with van der Waals surface area (Å²) in [7, 11) is -2.99. The third kappa shape index (κ3) is 6.57. The number of rotatable bonds is 16. The quantitative estimate of drug-likeness (QED) is 0.281. The molecule has 16 heteroatoms. The van der Waals surface area contributed by atoms with E-state index >= 15 is 0 Å². The maximum Gasteiger partial charge on any atom is 0.671 e. The lowest BCUT2D eigenvalue weighted by Crippen LogP contribution is -2.68. The second kappa shape index (κ2) is 12.0. The highest BCUT2D eigenvalue weighted by molar-refractivity contribution is 6.85. The first-order valence-corrected chi connectivity index (χ1v) is 14.1. The molecule has 0 rings (SSSR count). The van der Waals surface area contributed by atoms with Crippen LogP contribution in [0.25, 0.3) is 0 Å². The molecule has 0 aliphatic heterocycles. The number of hydrogen-bond donors (Lipinski definition) is 0. The molecule has 27 heavy (non-hydrogen) atoms. The van der Waals surface area contributed by atoms with Crippen molar-refractivity contribution in [2.75, 3.05) is 64.0 Å². The predicted octanol–water partition coefficient (Wildman–Crippen LogP) is -0.175. The largest absolute Gasteiger partial charge is 0.671 e. The van der Waals surface area contributed by atoms with Crippen LogP contribution in [0.3, 0.4) is 0 Å². The van der Waals surface area contributed by atoms with Crippen molar-refractivity contribution in [3.63, 3.8) is 0 Å². The van der Waals surface area contributed by atoms with Crippen molar-refractivity contribution < 1.29 is 52.2 Å². The van der Waals surface area contributed by atoms with Gasteiger partial charge in [-0.1, -0.05) is 0 Å². The zero-order chi connectivity index (χ0) is 21.2.